The topological polar surface area (TPSA) is 84.4 Å². The summed E-state index contributed by atoms with van der Waals surface area (Å²) in [6.45, 7) is 0.534. The third-order valence-electron chi connectivity index (χ3n) is 3.94. The van der Waals surface area contributed by atoms with Gasteiger partial charge < -0.3 is 10.1 Å². The highest BCUT2D eigenvalue weighted by Crippen LogP contribution is 2.28. The molecule has 1 aliphatic rings. The van der Waals surface area contributed by atoms with Gasteiger partial charge in [0.1, 0.15) is 17.4 Å². The molecule has 1 aliphatic heterocycles. The highest BCUT2D eigenvalue weighted by molar-refractivity contribution is 7.15. The Bertz CT molecular complexity index is 832. The van der Waals surface area contributed by atoms with Crippen molar-refractivity contribution in [1.29, 1.82) is 0 Å². The molecule has 0 spiro atoms. The molecule has 3 rings (SSSR count). The third-order valence-corrected chi connectivity index (χ3v) is 5.15. The lowest BCUT2D eigenvalue weighted by molar-refractivity contribution is -0.126. The first-order valence-electron chi connectivity index (χ1n) is 7.82. The molecule has 7 nitrogen and oxygen atoms in total. The zero-order valence-corrected chi connectivity index (χ0v) is 15.4. The minimum Gasteiger partial charge on any atom is -0.377 e. The first-order valence-corrected chi connectivity index (χ1v) is 9.01. The van der Waals surface area contributed by atoms with E-state index in [1.807, 2.05) is 0 Å². The van der Waals surface area contributed by atoms with Crippen molar-refractivity contribution in [2.24, 2.45) is 5.92 Å². The summed E-state index contributed by atoms with van der Waals surface area (Å²) in [5.74, 6) is -1.60. The molecule has 0 saturated carbocycles. The highest BCUT2D eigenvalue weighted by Gasteiger charge is 2.36. The van der Waals surface area contributed by atoms with Crippen molar-refractivity contribution in [3.63, 3.8) is 0 Å². The van der Waals surface area contributed by atoms with Crippen LogP contribution in [0.4, 0.5) is 9.52 Å². The Morgan fingerprint density at radius 1 is 1.50 bits per heavy atom. The molecule has 1 saturated heterocycles. The molecular formula is C16H16ClFN4O3S. The predicted molar refractivity (Wildman–Crippen MR) is 94.3 cm³/mol. The molecular weight excluding hydrogens is 383 g/mol. The van der Waals surface area contributed by atoms with Crippen molar-refractivity contribution in [1.82, 2.24) is 15.5 Å². The largest absolute Gasteiger partial charge is 0.377 e. The van der Waals surface area contributed by atoms with Crippen LogP contribution in [-0.4, -0.2) is 35.7 Å². The summed E-state index contributed by atoms with van der Waals surface area (Å²) in [6, 6.07) is 4.60. The fraction of sp³-hybridized carbons (Fsp3) is 0.375. The molecule has 1 fully saturated rings. The number of carbonyl (C=O) groups is 2. The van der Waals surface area contributed by atoms with Crippen LogP contribution in [0.3, 0.4) is 0 Å². The number of amides is 2. The monoisotopic (exact) mass is 398 g/mol. The van der Waals surface area contributed by atoms with E-state index in [-0.39, 0.29) is 36.3 Å². The fourth-order valence-electron chi connectivity index (χ4n) is 2.62. The van der Waals surface area contributed by atoms with Gasteiger partial charge in [-0.25, -0.2) is 4.39 Å². The Morgan fingerprint density at radius 2 is 2.31 bits per heavy atom. The van der Waals surface area contributed by atoms with Gasteiger partial charge in [0, 0.05) is 32.2 Å². The van der Waals surface area contributed by atoms with E-state index in [0.717, 1.165) is 0 Å². The van der Waals surface area contributed by atoms with E-state index in [2.05, 4.69) is 15.5 Å². The molecule has 138 valence electrons. The van der Waals surface area contributed by atoms with Crippen molar-refractivity contribution in [2.45, 2.75) is 19.6 Å². The first kappa shape index (κ1) is 18.7. The van der Waals surface area contributed by atoms with Crippen LogP contribution >= 0.6 is 22.9 Å². The third kappa shape index (κ3) is 4.00. The number of benzene rings is 1. The molecule has 1 atom stereocenters. The molecule has 1 N–H and O–H groups in total. The average molecular weight is 399 g/mol. The molecule has 0 bridgehead atoms. The number of rotatable bonds is 6. The maximum Gasteiger partial charge on any atom is 0.229 e. The van der Waals surface area contributed by atoms with E-state index in [4.69, 9.17) is 16.3 Å². The van der Waals surface area contributed by atoms with Gasteiger partial charge in [-0.2, -0.15) is 0 Å². The molecule has 0 radical (unpaired) electrons. The van der Waals surface area contributed by atoms with Crippen molar-refractivity contribution in [3.05, 3.63) is 39.6 Å². The number of nitrogens with zero attached hydrogens (tertiary/aromatic N) is 3. The molecule has 1 aromatic carbocycles. The Labute approximate surface area is 158 Å². The quantitative estimate of drug-likeness (QED) is 0.805. The Hall–Kier alpha value is -2.10. The van der Waals surface area contributed by atoms with Gasteiger partial charge in [-0.1, -0.05) is 35.1 Å². The Kier molecular flexibility index (Phi) is 5.80. The lowest BCUT2D eigenvalue weighted by Gasteiger charge is -2.13. The van der Waals surface area contributed by atoms with Gasteiger partial charge in [0.05, 0.1) is 10.9 Å². The van der Waals surface area contributed by atoms with Crippen molar-refractivity contribution in [2.75, 3.05) is 18.6 Å². The number of ether oxygens (including phenoxy) is 1. The molecule has 2 amide bonds. The number of methoxy groups -OCH3 is 1. The van der Waals surface area contributed by atoms with Gasteiger partial charge in [-0.3, -0.25) is 14.5 Å². The number of carbonyl (C=O) groups excluding carboxylic acids is 2. The van der Waals surface area contributed by atoms with E-state index in [9.17, 15) is 14.0 Å². The van der Waals surface area contributed by atoms with Crippen LogP contribution in [0, 0.1) is 11.7 Å². The van der Waals surface area contributed by atoms with Crippen LogP contribution < -0.4 is 10.2 Å². The molecule has 0 aliphatic carbocycles. The van der Waals surface area contributed by atoms with Gasteiger partial charge in [0.2, 0.25) is 16.9 Å². The first-order chi connectivity index (χ1) is 12.5. The van der Waals surface area contributed by atoms with Crippen LogP contribution in [0.1, 0.15) is 17.0 Å². The van der Waals surface area contributed by atoms with Gasteiger partial charge >= 0.3 is 0 Å². The second-order valence-corrected chi connectivity index (χ2v) is 7.20. The van der Waals surface area contributed by atoms with Crippen LogP contribution in [-0.2, 0) is 27.5 Å². The fourth-order valence-corrected chi connectivity index (χ4v) is 3.65. The van der Waals surface area contributed by atoms with Gasteiger partial charge in [-0.05, 0) is 6.07 Å². The van der Waals surface area contributed by atoms with Crippen molar-refractivity contribution >= 4 is 39.9 Å². The summed E-state index contributed by atoms with van der Waals surface area (Å²) in [4.78, 5) is 26.0. The SMILES string of the molecule is COCc1nnc(N2CC(C(=O)NCc3cccc(Cl)c3F)CC2=O)s1. The zero-order valence-electron chi connectivity index (χ0n) is 13.9. The number of hydrogen-bond acceptors (Lipinski definition) is 6. The average Bonchev–Trinajstić information content (AvgIpc) is 3.23. The summed E-state index contributed by atoms with van der Waals surface area (Å²) < 4.78 is 18.9. The molecule has 2 aromatic rings. The zero-order chi connectivity index (χ0) is 18.7. The lowest BCUT2D eigenvalue weighted by atomic mass is 10.1. The summed E-state index contributed by atoms with van der Waals surface area (Å²) in [7, 11) is 1.55. The maximum absolute atomic E-state index is 13.9. The number of nitrogens with one attached hydrogen (secondary N) is 1. The molecule has 2 heterocycles. The second-order valence-electron chi connectivity index (χ2n) is 5.75. The van der Waals surface area contributed by atoms with E-state index < -0.39 is 11.7 Å². The normalized spacial score (nSPS) is 17.0. The number of hydrogen-bond donors (Lipinski definition) is 1. The highest BCUT2D eigenvalue weighted by atomic mass is 35.5. The van der Waals surface area contributed by atoms with E-state index in [0.29, 0.717) is 22.3 Å². The second kappa shape index (κ2) is 8.07. The van der Waals surface area contributed by atoms with Crippen molar-refractivity contribution in [3.8, 4) is 0 Å². The van der Waals surface area contributed by atoms with Gasteiger partial charge in [0.25, 0.3) is 0 Å². The molecule has 1 unspecified atom stereocenters. The summed E-state index contributed by atoms with van der Waals surface area (Å²) >= 11 is 6.97. The standard InChI is InChI=1S/C16H16ClFN4O3S/c1-25-8-12-20-21-16(26-12)22-7-10(5-13(22)23)15(24)19-6-9-3-2-4-11(17)14(9)18/h2-4,10H,5-8H2,1H3,(H,19,24). The molecule has 1 aromatic heterocycles. The number of anilines is 1. The number of halogens is 2. The van der Waals surface area contributed by atoms with Gasteiger partial charge in [-0.15, -0.1) is 10.2 Å². The van der Waals surface area contributed by atoms with E-state index in [1.54, 1.807) is 19.2 Å². The summed E-state index contributed by atoms with van der Waals surface area (Å²) in [5, 5.41) is 11.7. The van der Waals surface area contributed by atoms with E-state index >= 15 is 0 Å². The number of aromatic nitrogens is 2. The molecule has 10 heteroatoms. The maximum atomic E-state index is 13.9. The predicted octanol–water partition coefficient (Wildman–Crippen LogP) is 2.15. The van der Waals surface area contributed by atoms with Crippen LogP contribution in [0.25, 0.3) is 0 Å². The van der Waals surface area contributed by atoms with Crippen LogP contribution in [0.2, 0.25) is 5.02 Å². The Morgan fingerprint density at radius 3 is 3.08 bits per heavy atom. The van der Waals surface area contributed by atoms with Crippen LogP contribution in [0.15, 0.2) is 18.2 Å². The minimum absolute atomic E-state index is 0.00195. The van der Waals surface area contributed by atoms with E-state index in [1.165, 1.54) is 22.3 Å². The Balaban J connectivity index is 1.60. The summed E-state index contributed by atoms with van der Waals surface area (Å²) in [6.07, 6.45) is 0.0725. The summed E-state index contributed by atoms with van der Waals surface area (Å²) in [5.41, 5.74) is 0.292. The van der Waals surface area contributed by atoms with Crippen LogP contribution in [0.5, 0.6) is 0 Å². The minimum atomic E-state index is -0.557. The molecule has 26 heavy (non-hydrogen) atoms. The lowest BCUT2D eigenvalue weighted by Crippen LogP contribution is -2.32. The van der Waals surface area contributed by atoms with Gasteiger partial charge in [0.15, 0.2) is 0 Å². The smallest absolute Gasteiger partial charge is 0.229 e. The van der Waals surface area contributed by atoms with Crippen molar-refractivity contribution < 1.29 is 18.7 Å².